The van der Waals surface area contributed by atoms with Gasteiger partial charge in [-0.3, -0.25) is 4.79 Å². The molecule has 3 rings (SSSR count). The minimum atomic E-state index is -0.583. The van der Waals surface area contributed by atoms with Crippen molar-refractivity contribution in [1.29, 1.82) is 0 Å². The number of amides is 1. The first-order valence-electron chi connectivity index (χ1n) is 8.72. The van der Waals surface area contributed by atoms with Crippen LogP contribution in [0.2, 0.25) is 4.34 Å². The smallest absolute Gasteiger partial charge is 0.340 e. The second-order valence-electron chi connectivity index (χ2n) is 6.01. The number of aryl methyl sites for hydroxylation is 1. The summed E-state index contributed by atoms with van der Waals surface area (Å²) >= 11 is 6.93. The van der Waals surface area contributed by atoms with Crippen LogP contribution in [0.3, 0.4) is 0 Å². The zero-order valence-corrected chi connectivity index (χ0v) is 17.1. The van der Waals surface area contributed by atoms with Crippen molar-refractivity contribution in [1.82, 2.24) is 9.59 Å². The van der Waals surface area contributed by atoms with Crippen molar-refractivity contribution in [3.63, 3.8) is 0 Å². The number of nitrogens with zero attached hydrogens (tertiary/aromatic N) is 2. The molecule has 0 atom stereocenters. The second-order valence-corrected chi connectivity index (χ2v) is 7.37. The van der Waals surface area contributed by atoms with Crippen molar-refractivity contribution in [2.75, 3.05) is 12.4 Å². The fourth-order valence-corrected chi connectivity index (χ4v) is 3.13. The lowest BCUT2D eigenvalue weighted by Gasteiger charge is -2.11. The number of benzene rings is 2. The number of carbonyl (C=O) groups excluding carboxylic acids is 2. The van der Waals surface area contributed by atoms with E-state index in [1.54, 1.807) is 31.4 Å². The Bertz CT molecular complexity index is 991. The number of rotatable bonds is 8. The summed E-state index contributed by atoms with van der Waals surface area (Å²) in [6.45, 7) is -0.0894. The molecular formula is C20H18ClN3O4S. The fourth-order valence-electron chi connectivity index (χ4n) is 2.53. The lowest BCUT2D eigenvalue weighted by atomic mass is 10.1. The number of para-hydroxylation sites is 1. The van der Waals surface area contributed by atoms with Crippen molar-refractivity contribution in [3.05, 3.63) is 69.7 Å². The Morgan fingerprint density at radius 2 is 1.90 bits per heavy atom. The maximum atomic E-state index is 12.4. The number of halogens is 1. The average molecular weight is 432 g/mol. The first-order valence-corrected chi connectivity index (χ1v) is 9.87. The van der Waals surface area contributed by atoms with Gasteiger partial charge in [-0.05, 0) is 36.2 Å². The van der Waals surface area contributed by atoms with Crippen LogP contribution in [0.4, 0.5) is 5.69 Å². The highest BCUT2D eigenvalue weighted by Crippen LogP contribution is 2.21. The molecule has 1 heterocycles. The van der Waals surface area contributed by atoms with E-state index in [0.29, 0.717) is 22.1 Å². The van der Waals surface area contributed by atoms with Gasteiger partial charge in [0.05, 0.1) is 18.4 Å². The van der Waals surface area contributed by atoms with E-state index in [9.17, 15) is 9.59 Å². The normalized spacial score (nSPS) is 10.4. The Balaban J connectivity index is 1.58. The average Bonchev–Trinajstić information content (AvgIpc) is 3.16. The SMILES string of the molecule is COc1ccc(CCC(=O)Nc2ccccc2C(=O)OCc2nnsc2Cl)cc1. The number of nitrogens with one attached hydrogen (secondary N) is 1. The molecule has 0 aliphatic rings. The molecule has 2 aromatic carbocycles. The Kier molecular flexibility index (Phi) is 7.15. The molecule has 0 spiro atoms. The van der Waals surface area contributed by atoms with E-state index >= 15 is 0 Å². The molecule has 0 radical (unpaired) electrons. The molecule has 0 saturated heterocycles. The zero-order chi connectivity index (χ0) is 20.6. The molecule has 0 fully saturated rings. The number of anilines is 1. The van der Waals surface area contributed by atoms with Crippen LogP contribution in [0.5, 0.6) is 5.75 Å². The van der Waals surface area contributed by atoms with Gasteiger partial charge in [0.15, 0.2) is 0 Å². The van der Waals surface area contributed by atoms with Gasteiger partial charge in [0, 0.05) is 18.0 Å². The molecule has 29 heavy (non-hydrogen) atoms. The van der Waals surface area contributed by atoms with Crippen LogP contribution >= 0.6 is 23.1 Å². The van der Waals surface area contributed by atoms with Gasteiger partial charge in [0.1, 0.15) is 22.4 Å². The number of ether oxygens (including phenoxy) is 2. The van der Waals surface area contributed by atoms with Crippen LogP contribution in [0.15, 0.2) is 48.5 Å². The molecule has 7 nitrogen and oxygen atoms in total. The number of hydrogen-bond donors (Lipinski definition) is 1. The third-order valence-corrected chi connectivity index (χ3v) is 5.05. The van der Waals surface area contributed by atoms with E-state index in [4.69, 9.17) is 21.1 Å². The quantitative estimate of drug-likeness (QED) is 0.539. The third-order valence-electron chi connectivity index (χ3n) is 4.07. The van der Waals surface area contributed by atoms with E-state index in [2.05, 4.69) is 14.9 Å². The van der Waals surface area contributed by atoms with Gasteiger partial charge < -0.3 is 14.8 Å². The molecule has 1 aromatic heterocycles. The topological polar surface area (TPSA) is 90.4 Å². The maximum Gasteiger partial charge on any atom is 0.340 e. The number of hydrogen-bond acceptors (Lipinski definition) is 7. The predicted molar refractivity (Wildman–Crippen MR) is 110 cm³/mol. The molecule has 150 valence electrons. The molecule has 0 saturated carbocycles. The highest BCUT2D eigenvalue weighted by atomic mass is 35.5. The highest BCUT2D eigenvalue weighted by molar-refractivity contribution is 7.10. The minimum absolute atomic E-state index is 0.0894. The molecule has 0 unspecified atom stereocenters. The van der Waals surface area contributed by atoms with Gasteiger partial charge in [-0.25, -0.2) is 4.79 Å². The summed E-state index contributed by atoms with van der Waals surface area (Å²) in [5, 5.41) is 6.57. The van der Waals surface area contributed by atoms with E-state index in [1.807, 2.05) is 24.3 Å². The van der Waals surface area contributed by atoms with Crippen LogP contribution in [0.1, 0.15) is 28.0 Å². The van der Waals surface area contributed by atoms with Crippen LogP contribution in [0.25, 0.3) is 0 Å². The van der Waals surface area contributed by atoms with E-state index < -0.39 is 5.97 Å². The second kappa shape index (κ2) is 9.99. The summed E-state index contributed by atoms with van der Waals surface area (Å²) in [4.78, 5) is 24.8. The third kappa shape index (κ3) is 5.75. The standard InChI is InChI=1S/C20H18ClN3O4S/c1-27-14-9-6-13(7-10-14)8-11-18(25)22-16-5-3-2-4-15(16)20(26)28-12-17-19(21)29-24-23-17/h2-7,9-10H,8,11-12H2,1H3,(H,22,25). The van der Waals surface area contributed by atoms with Gasteiger partial charge in [0.25, 0.3) is 0 Å². The zero-order valence-electron chi connectivity index (χ0n) is 15.6. The maximum absolute atomic E-state index is 12.4. The Hall–Kier alpha value is -2.97. The Morgan fingerprint density at radius 1 is 1.14 bits per heavy atom. The van der Waals surface area contributed by atoms with Crippen molar-refractivity contribution < 1.29 is 19.1 Å². The summed E-state index contributed by atoms with van der Waals surface area (Å²) in [7, 11) is 1.60. The Labute approximate surface area is 176 Å². The summed E-state index contributed by atoms with van der Waals surface area (Å²) in [6, 6.07) is 14.2. The summed E-state index contributed by atoms with van der Waals surface area (Å²) in [5.41, 5.74) is 2.05. The molecular weight excluding hydrogens is 414 g/mol. The summed E-state index contributed by atoms with van der Waals surface area (Å²) < 4.78 is 14.4. The van der Waals surface area contributed by atoms with Crippen molar-refractivity contribution in [2.24, 2.45) is 0 Å². The molecule has 9 heteroatoms. The molecule has 0 aliphatic heterocycles. The summed E-state index contributed by atoms with van der Waals surface area (Å²) in [6.07, 6.45) is 0.841. The van der Waals surface area contributed by atoms with Crippen LogP contribution in [-0.2, 0) is 22.6 Å². The molecule has 0 bridgehead atoms. The lowest BCUT2D eigenvalue weighted by molar-refractivity contribution is -0.116. The largest absolute Gasteiger partial charge is 0.497 e. The number of esters is 1. The van der Waals surface area contributed by atoms with Crippen LogP contribution in [-0.4, -0.2) is 28.6 Å². The van der Waals surface area contributed by atoms with E-state index in [1.165, 1.54) is 0 Å². The highest BCUT2D eigenvalue weighted by Gasteiger charge is 2.16. The molecule has 1 N–H and O–H groups in total. The van der Waals surface area contributed by atoms with E-state index in [0.717, 1.165) is 22.8 Å². The van der Waals surface area contributed by atoms with Crippen LogP contribution in [0, 0.1) is 0 Å². The number of carbonyl (C=O) groups is 2. The van der Waals surface area contributed by atoms with E-state index in [-0.39, 0.29) is 24.5 Å². The first kappa shape index (κ1) is 20.8. The fraction of sp³-hybridized carbons (Fsp3) is 0.200. The van der Waals surface area contributed by atoms with Crippen molar-refractivity contribution in [2.45, 2.75) is 19.4 Å². The van der Waals surface area contributed by atoms with Gasteiger partial charge in [0.2, 0.25) is 5.91 Å². The lowest BCUT2D eigenvalue weighted by Crippen LogP contribution is -2.16. The molecule has 3 aromatic rings. The van der Waals surface area contributed by atoms with Crippen molar-refractivity contribution >= 4 is 40.7 Å². The van der Waals surface area contributed by atoms with Gasteiger partial charge in [-0.1, -0.05) is 40.4 Å². The Morgan fingerprint density at radius 3 is 2.59 bits per heavy atom. The number of methoxy groups -OCH3 is 1. The minimum Gasteiger partial charge on any atom is -0.497 e. The van der Waals surface area contributed by atoms with Crippen LogP contribution < -0.4 is 10.1 Å². The van der Waals surface area contributed by atoms with Gasteiger partial charge in [-0.15, -0.1) is 5.10 Å². The molecule has 1 amide bonds. The number of aromatic nitrogens is 2. The predicted octanol–water partition coefficient (Wildman–Crippen LogP) is 4.13. The summed E-state index contributed by atoms with van der Waals surface area (Å²) in [5.74, 6) is -0.0201. The monoisotopic (exact) mass is 431 g/mol. The molecule has 0 aliphatic carbocycles. The first-order chi connectivity index (χ1) is 14.1. The van der Waals surface area contributed by atoms with Gasteiger partial charge in [-0.2, -0.15) is 0 Å². The van der Waals surface area contributed by atoms with Crippen molar-refractivity contribution in [3.8, 4) is 5.75 Å². The van der Waals surface area contributed by atoms with Gasteiger partial charge >= 0.3 is 5.97 Å².